The van der Waals surface area contributed by atoms with Crippen molar-refractivity contribution < 1.29 is 4.79 Å². The van der Waals surface area contributed by atoms with Gasteiger partial charge in [0, 0.05) is 54.6 Å². The van der Waals surface area contributed by atoms with E-state index in [2.05, 4.69) is 44.0 Å². The number of carbonyl (C=O) groups is 1. The van der Waals surface area contributed by atoms with Crippen molar-refractivity contribution in [2.24, 2.45) is 0 Å². The Bertz CT molecular complexity index is 1410. The van der Waals surface area contributed by atoms with Crippen molar-refractivity contribution in [2.45, 2.75) is 6.92 Å². The lowest BCUT2D eigenvalue weighted by Gasteiger charge is -2.33. The summed E-state index contributed by atoms with van der Waals surface area (Å²) in [6.07, 6.45) is 3.63. The Kier molecular flexibility index (Phi) is 6.60. The number of amides is 1. The number of hydrogen-bond acceptors (Lipinski definition) is 7. The van der Waals surface area contributed by atoms with Crippen LogP contribution in [0.4, 0.5) is 23.1 Å². The molecule has 36 heavy (non-hydrogen) atoms. The van der Waals surface area contributed by atoms with E-state index in [1.165, 1.54) is 0 Å². The molecule has 182 valence electrons. The summed E-state index contributed by atoms with van der Waals surface area (Å²) in [6.45, 7) is 9.42. The normalized spacial score (nSPS) is 14.0. The molecule has 8 nitrogen and oxygen atoms in total. The number of para-hydroxylation sites is 1. The topological polar surface area (TPSA) is 86.3 Å². The van der Waals surface area contributed by atoms with Crippen LogP contribution < -0.4 is 15.5 Å². The summed E-state index contributed by atoms with van der Waals surface area (Å²) < 4.78 is 0. The van der Waals surface area contributed by atoms with E-state index in [1.54, 1.807) is 6.92 Å². The maximum Gasteiger partial charge on any atom is 0.250 e. The van der Waals surface area contributed by atoms with Crippen LogP contribution in [0.2, 0.25) is 0 Å². The van der Waals surface area contributed by atoms with E-state index in [0.29, 0.717) is 17.2 Å². The molecule has 4 aromatic rings. The first-order valence-corrected chi connectivity index (χ1v) is 12.0. The molecule has 1 saturated heterocycles. The second-order valence-electron chi connectivity index (χ2n) is 9.07. The number of anilines is 4. The highest BCUT2D eigenvalue weighted by atomic mass is 16.1. The first-order valence-electron chi connectivity index (χ1n) is 12.0. The third-order valence-corrected chi connectivity index (χ3v) is 6.26. The molecule has 2 N–H and O–H groups in total. The molecule has 0 bridgehead atoms. The molecular weight excluding hydrogens is 450 g/mol. The zero-order valence-electron chi connectivity index (χ0n) is 20.5. The Morgan fingerprint density at radius 3 is 2.50 bits per heavy atom. The third-order valence-electron chi connectivity index (χ3n) is 6.26. The maximum atomic E-state index is 12.1. The highest BCUT2D eigenvalue weighted by Gasteiger charge is 2.15. The quantitative estimate of drug-likeness (QED) is 0.388. The largest absolute Gasteiger partial charge is 0.354 e. The zero-order valence-corrected chi connectivity index (χ0v) is 20.5. The number of likely N-dealkylation sites (N-methyl/N-ethyl adjacent to an activating group) is 1. The van der Waals surface area contributed by atoms with Crippen LogP contribution in [0.25, 0.3) is 22.0 Å². The number of nitrogens with one attached hydrogen (secondary N) is 2. The van der Waals surface area contributed by atoms with Gasteiger partial charge in [-0.1, -0.05) is 36.9 Å². The number of benzene rings is 2. The molecule has 0 saturated carbocycles. The van der Waals surface area contributed by atoms with Crippen molar-refractivity contribution >= 4 is 40.0 Å². The molecule has 0 spiro atoms. The van der Waals surface area contributed by atoms with Crippen molar-refractivity contribution in [3.05, 3.63) is 79.1 Å². The van der Waals surface area contributed by atoms with Crippen LogP contribution in [-0.4, -0.2) is 59.0 Å². The lowest BCUT2D eigenvalue weighted by Crippen LogP contribution is -2.44. The van der Waals surface area contributed by atoms with Gasteiger partial charge in [-0.15, -0.1) is 0 Å². The van der Waals surface area contributed by atoms with Crippen molar-refractivity contribution in [1.82, 2.24) is 19.9 Å². The number of carbonyl (C=O) groups excluding carboxylic acids is 1. The Hall–Kier alpha value is -4.30. The minimum absolute atomic E-state index is 0.203. The van der Waals surface area contributed by atoms with Crippen LogP contribution in [0.3, 0.4) is 0 Å². The van der Waals surface area contributed by atoms with Gasteiger partial charge in [0.25, 0.3) is 5.91 Å². The molecule has 5 rings (SSSR count). The highest BCUT2D eigenvalue weighted by molar-refractivity contribution is 6.03. The number of rotatable bonds is 6. The molecule has 1 aliphatic heterocycles. The van der Waals surface area contributed by atoms with Crippen LogP contribution in [0.1, 0.15) is 6.92 Å². The van der Waals surface area contributed by atoms with Crippen molar-refractivity contribution in [3.63, 3.8) is 0 Å². The van der Waals surface area contributed by atoms with E-state index in [0.717, 1.165) is 59.7 Å². The first-order chi connectivity index (χ1) is 17.5. The number of hydrogen-bond donors (Lipinski definition) is 2. The summed E-state index contributed by atoms with van der Waals surface area (Å²) in [5.74, 6) is 1.27. The Morgan fingerprint density at radius 1 is 0.944 bits per heavy atom. The summed E-state index contributed by atoms with van der Waals surface area (Å²) in [4.78, 5) is 30.7. The Balaban J connectivity index is 1.39. The molecule has 2 aromatic heterocycles. The number of pyridine rings is 1. The summed E-state index contributed by atoms with van der Waals surface area (Å²) in [7, 11) is 2.14. The summed E-state index contributed by atoms with van der Waals surface area (Å²) in [5.41, 5.74) is 4.71. The van der Waals surface area contributed by atoms with Crippen molar-refractivity contribution in [1.29, 1.82) is 0 Å². The van der Waals surface area contributed by atoms with Gasteiger partial charge in [0.05, 0.1) is 17.4 Å². The molecule has 0 unspecified atom stereocenters. The number of aromatic nitrogens is 3. The molecule has 2 aromatic carbocycles. The average Bonchev–Trinajstić information content (AvgIpc) is 2.89. The van der Waals surface area contributed by atoms with Gasteiger partial charge in [-0.05, 0) is 43.8 Å². The first kappa shape index (κ1) is 23.4. The molecule has 1 fully saturated rings. The van der Waals surface area contributed by atoms with Gasteiger partial charge in [-0.2, -0.15) is 0 Å². The molecule has 0 radical (unpaired) electrons. The monoisotopic (exact) mass is 479 g/mol. The third kappa shape index (κ3) is 5.18. The van der Waals surface area contributed by atoms with E-state index in [4.69, 9.17) is 4.98 Å². The molecule has 1 amide bonds. The molecule has 8 heteroatoms. The second kappa shape index (κ2) is 10.1. The van der Waals surface area contributed by atoms with Crippen LogP contribution in [0.15, 0.2) is 79.1 Å². The molecule has 0 aliphatic carbocycles. The van der Waals surface area contributed by atoms with E-state index in [9.17, 15) is 4.79 Å². The van der Waals surface area contributed by atoms with E-state index in [1.807, 2.05) is 67.0 Å². The Labute approximate surface area is 210 Å². The summed E-state index contributed by atoms with van der Waals surface area (Å²) >= 11 is 0. The van der Waals surface area contributed by atoms with Gasteiger partial charge in [0.1, 0.15) is 5.82 Å². The second-order valence-corrected chi connectivity index (χ2v) is 9.07. The van der Waals surface area contributed by atoms with Crippen molar-refractivity contribution in [3.8, 4) is 11.1 Å². The predicted octanol–water partition coefficient (Wildman–Crippen LogP) is 4.70. The molecular formula is C28H29N7O. The highest BCUT2D eigenvalue weighted by Crippen LogP contribution is 2.30. The number of fused-ring (bicyclic) bond motifs is 1. The lowest BCUT2D eigenvalue weighted by atomic mass is 10.0. The number of nitrogens with zero attached hydrogens (tertiary/aromatic N) is 5. The molecule has 0 atom stereocenters. The van der Waals surface area contributed by atoms with Gasteiger partial charge >= 0.3 is 0 Å². The van der Waals surface area contributed by atoms with Gasteiger partial charge < -0.3 is 20.4 Å². The maximum absolute atomic E-state index is 12.1. The Morgan fingerprint density at radius 2 is 1.75 bits per heavy atom. The van der Waals surface area contributed by atoms with Crippen molar-refractivity contribution in [2.75, 3.05) is 48.8 Å². The van der Waals surface area contributed by atoms with Crippen LogP contribution in [0.5, 0.6) is 0 Å². The standard InChI is InChI=1S/C28H29N7O/c1-19(2)27(36)31-22-8-4-6-20(16-22)24-9-5-7-21-17-30-28(33-26(21)24)32-23-10-11-25(29-18-23)35-14-12-34(3)13-15-35/h4-11,16-18H,1,12-15H2,2-3H3,(H,31,36)(H,30,32,33). The van der Waals surface area contributed by atoms with E-state index < -0.39 is 0 Å². The fourth-order valence-electron chi connectivity index (χ4n) is 4.16. The average molecular weight is 480 g/mol. The van der Waals surface area contributed by atoms with E-state index >= 15 is 0 Å². The summed E-state index contributed by atoms with van der Waals surface area (Å²) in [6, 6.07) is 17.7. The number of piperazine rings is 1. The molecule has 3 heterocycles. The van der Waals surface area contributed by atoms with Crippen LogP contribution in [0, 0.1) is 0 Å². The van der Waals surface area contributed by atoms with Gasteiger partial charge in [-0.3, -0.25) is 4.79 Å². The van der Waals surface area contributed by atoms with Gasteiger partial charge in [0.15, 0.2) is 0 Å². The predicted molar refractivity (Wildman–Crippen MR) is 146 cm³/mol. The smallest absolute Gasteiger partial charge is 0.250 e. The minimum atomic E-state index is -0.203. The van der Waals surface area contributed by atoms with E-state index in [-0.39, 0.29) is 5.91 Å². The minimum Gasteiger partial charge on any atom is -0.354 e. The fraction of sp³-hybridized carbons (Fsp3) is 0.214. The van der Waals surface area contributed by atoms with Crippen LogP contribution in [-0.2, 0) is 4.79 Å². The van der Waals surface area contributed by atoms with Crippen LogP contribution >= 0.6 is 0 Å². The molecule has 1 aliphatic rings. The fourth-order valence-corrected chi connectivity index (χ4v) is 4.16. The SMILES string of the molecule is C=C(C)C(=O)Nc1cccc(-c2cccc3cnc(Nc4ccc(N5CCN(C)CC5)nc4)nc23)c1. The van der Waals surface area contributed by atoms with Gasteiger partial charge in [0.2, 0.25) is 5.95 Å². The summed E-state index contributed by atoms with van der Waals surface area (Å²) in [5, 5.41) is 7.09. The zero-order chi connectivity index (χ0) is 25.1. The lowest BCUT2D eigenvalue weighted by molar-refractivity contribution is -0.112. The van der Waals surface area contributed by atoms with Gasteiger partial charge in [-0.25, -0.2) is 15.0 Å².